The molecule has 4 heterocycles. The lowest BCUT2D eigenvalue weighted by molar-refractivity contribution is 0.789. The Morgan fingerprint density at radius 1 is 1.24 bits per heavy atom. The first-order chi connectivity index (χ1) is 14.1. The first-order valence-electron chi connectivity index (χ1n) is 9.55. The molecule has 0 saturated heterocycles. The van der Waals surface area contributed by atoms with Crippen LogP contribution in [-0.2, 0) is 0 Å². The first-order valence-corrected chi connectivity index (χ1v) is 11.2. The summed E-state index contributed by atoms with van der Waals surface area (Å²) in [6.45, 7) is 4.00. The van der Waals surface area contributed by atoms with Crippen LogP contribution in [0.15, 0.2) is 39.5 Å². The van der Waals surface area contributed by atoms with E-state index in [1.54, 1.807) is 22.7 Å². The van der Waals surface area contributed by atoms with Crippen molar-refractivity contribution in [3.63, 3.8) is 0 Å². The van der Waals surface area contributed by atoms with Gasteiger partial charge in [-0.25, -0.2) is 15.0 Å². The Kier molecular flexibility index (Phi) is 4.15. The van der Waals surface area contributed by atoms with Gasteiger partial charge in [0.15, 0.2) is 0 Å². The minimum atomic E-state index is -0.0622. The third-order valence-corrected chi connectivity index (χ3v) is 7.40. The summed E-state index contributed by atoms with van der Waals surface area (Å²) in [7, 11) is 3.85. The molecule has 1 aliphatic heterocycles. The molecule has 2 unspecified atom stereocenters. The van der Waals surface area contributed by atoms with E-state index in [0.29, 0.717) is 16.1 Å². The molecule has 9 heteroatoms. The fourth-order valence-corrected chi connectivity index (χ4v) is 5.97. The average molecular weight is 425 g/mol. The van der Waals surface area contributed by atoms with Crippen molar-refractivity contribution in [2.75, 3.05) is 19.0 Å². The van der Waals surface area contributed by atoms with Gasteiger partial charge in [0.1, 0.15) is 33.5 Å². The van der Waals surface area contributed by atoms with E-state index in [-0.39, 0.29) is 11.1 Å². The summed E-state index contributed by atoms with van der Waals surface area (Å²) in [5.41, 5.74) is 3.39. The van der Waals surface area contributed by atoms with Crippen molar-refractivity contribution in [1.29, 1.82) is 0 Å². The highest BCUT2D eigenvalue weighted by Gasteiger charge is 2.59. The van der Waals surface area contributed by atoms with Crippen LogP contribution in [0.25, 0.3) is 26.1 Å². The fraction of sp³-hybridized carbons (Fsp3) is 0.350. The van der Waals surface area contributed by atoms with Crippen LogP contribution in [0.5, 0.6) is 0 Å². The Hall–Kier alpha value is -2.52. The normalized spacial score (nSPS) is 23.8. The number of hydrogen-bond donors (Lipinski definition) is 0. The zero-order valence-corrected chi connectivity index (χ0v) is 18.2. The number of aromatic nitrogens is 4. The maximum absolute atomic E-state index is 13.3. The predicted octanol–water partition coefficient (Wildman–Crippen LogP) is 3.77. The second kappa shape index (κ2) is 6.50. The Morgan fingerprint density at radius 2 is 2.07 bits per heavy atom. The van der Waals surface area contributed by atoms with Gasteiger partial charge in [-0.15, -0.1) is 11.3 Å². The highest BCUT2D eigenvalue weighted by molar-refractivity contribution is 8.15. The molecule has 3 aliphatic rings. The van der Waals surface area contributed by atoms with Crippen molar-refractivity contribution in [3.8, 4) is 0 Å². The molecule has 3 aromatic heterocycles. The fourth-order valence-electron chi connectivity index (χ4n) is 3.92. The Labute approximate surface area is 175 Å². The molecule has 7 nitrogen and oxygen atoms in total. The van der Waals surface area contributed by atoms with Crippen molar-refractivity contribution in [1.82, 2.24) is 19.5 Å². The maximum Gasteiger partial charge on any atom is 0.275 e. The van der Waals surface area contributed by atoms with Crippen molar-refractivity contribution in [2.45, 2.75) is 25.8 Å². The molecule has 0 aromatic carbocycles. The van der Waals surface area contributed by atoms with E-state index in [1.807, 2.05) is 38.4 Å². The van der Waals surface area contributed by atoms with Crippen LogP contribution in [0.2, 0.25) is 0 Å². The average Bonchev–Trinajstić information content (AvgIpc) is 3.09. The van der Waals surface area contributed by atoms with Crippen LogP contribution >= 0.6 is 23.1 Å². The summed E-state index contributed by atoms with van der Waals surface area (Å²) in [5, 5.41) is 0.837. The number of allylic oxidation sites excluding steroid dienone is 2. The molecule has 1 fully saturated rings. The molecule has 2 aliphatic carbocycles. The lowest BCUT2D eigenvalue weighted by Gasteiger charge is -2.16. The molecule has 2 atom stereocenters. The molecule has 0 radical (unpaired) electrons. The van der Waals surface area contributed by atoms with E-state index in [2.05, 4.69) is 32.1 Å². The third kappa shape index (κ3) is 2.53. The van der Waals surface area contributed by atoms with Gasteiger partial charge in [0.2, 0.25) is 0 Å². The lowest BCUT2D eigenvalue weighted by atomic mass is 10.1. The van der Waals surface area contributed by atoms with E-state index >= 15 is 0 Å². The first kappa shape index (κ1) is 18.5. The molecule has 3 aromatic rings. The van der Waals surface area contributed by atoms with Crippen LogP contribution in [0, 0.1) is 5.92 Å². The van der Waals surface area contributed by atoms with Crippen LogP contribution in [0.3, 0.4) is 0 Å². The van der Waals surface area contributed by atoms with Gasteiger partial charge in [-0.2, -0.15) is 0 Å². The van der Waals surface area contributed by atoms with Gasteiger partial charge in [-0.1, -0.05) is 31.7 Å². The van der Waals surface area contributed by atoms with Crippen LogP contribution < -0.4 is 10.5 Å². The van der Waals surface area contributed by atoms with Crippen molar-refractivity contribution < 1.29 is 0 Å². The number of aliphatic imine (C=N–C) groups is 1. The van der Waals surface area contributed by atoms with Crippen molar-refractivity contribution in [2.24, 2.45) is 10.9 Å². The standard InChI is InChI=1S/C18H14N6OS2.C2H6/c1-23(2)15-12-13-14(27-16(12)20-6-19-15)17(25)24(7-21-13)10-3-9-5-18(9)11(4-10)26-8-22-18;1-2/h3-4,6-9H,5H2,1-2H3;1-2H3. The number of thioether (sulfide) groups is 1. The summed E-state index contributed by atoms with van der Waals surface area (Å²) < 4.78 is 2.26. The SMILES string of the molecule is CC.CN(C)c1ncnc2sc3c(=O)n(C4=CC5CC56N=CSC6=C4)cnc3c12. The minimum absolute atomic E-state index is 0.0247. The van der Waals surface area contributed by atoms with E-state index in [1.165, 1.54) is 22.6 Å². The number of hydrogen-bond acceptors (Lipinski definition) is 8. The molecule has 29 heavy (non-hydrogen) atoms. The number of rotatable bonds is 2. The van der Waals surface area contributed by atoms with Crippen molar-refractivity contribution in [3.05, 3.63) is 40.1 Å². The second-order valence-electron chi connectivity index (χ2n) is 7.16. The summed E-state index contributed by atoms with van der Waals surface area (Å²) in [6, 6.07) is 0. The molecule has 0 amide bonds. The molecule has 6 rings (SSSR count). The highest BCUT2D eigenvalue weighted by Crippen LogP contribution is 2.61. The molecule has 0 bridgehead atoms. The van der Waals surface area contributed by atoms with E-state index in [4.69, 9.17) is 0 Å². The lowest BCUT2D eigenvalue weighted by Crippen LogP contribution is -2.21. The quantitative estimate of drug-likeness (QED) is 0.623. The molecule has 148 valence electrons. The van der Waals surface area contributed by atoms with Crippen molar-refractivity contribution >= 4 is 60.6 Å². The Bertz CT molecular complexity index is 1300. The van der Waals surface area contributed by atoms with Gasteiger partial charge in [0.25, 0.3) is 5.56 Å². The smallest absolute Gasteiger partial charge is 0.275 e. The molecular formula is C20H20N6OS2. The monoisotopic (exact) mass is 424 g/mol. The topological polar surface area (TPSA) is 76.3 Å². The zero-order chi connectivity index (χ0) is 20.3. The van der Waals surface area contributed by atoms with Crippen LogP contribution in [0.4, 0.5) is 5.82 Å². The van der Waals surface area contributed by atoms with Gasteiger partial charge in [0, 0.05) is 30.6 Å². The van der Waals surface area contributed by atoms with Gasteiger partial charge >= 0.3 is 0 Å². The van der Waals surface area contributed by atoms with E-state index < -0.39 is 0 Å². The highest BCUT2D eigenvalue weighted by atomic mass is 32.2. The summed E-state index contributed by atoms with van der Waals surface area (Å²) >= 11 is 3.03. The Morgan fingerprint density at radius 3 is 2.86 bits per heavy atom. The number of fused-ring (bicyclic) bond motifs is 3. The molecule has 1 saturated carbocycles. The third-order valence-electron chi connectivity index (χ3n) is 5.38. The number of thiophene rings is 1. The van der Waals surface area contributed by atoms with Gasteiger partial charge in [-0.3, -0.25) is 14.4 Å². The van der Waals surface area contributed by atoms with Crippen LogP contribution in [0.1, 0.15) is 20.3 Å². The van der Waals surface area contributed by atoms with Crippen LogP contribution in [-0.4, -0.2) is 44.7 Å². The van der Waals surface area contributed by atoms with Gasteiger partial charge in [-0.05, 0) is 12.5 Å². The maximum atomic E-state index is 13.3. The summed E-state index contributed by atoms with van der Waals surface area (Å²) in [4.78, 5) is 35.1. The summed E-state index contributed by atoms with van der Waals surface area (Å²) in [5.74, 6) is 1.16. The van der Waals surface area contributed by atoms with Gasteiger partial charge in [0.05, 0.1) is 16.5 Å². The molecular weight excluding hydrogens is 404 g/mol. The minimum Gasteiger partial charge on any atom is -0.362 e. The predicted molar refractivity (Wildman–Crippen MR) is 122 cm³/mol. The second-order valence-corrected chi connectivity index (χ2v) is 9.04. The zero-order valence-electron chi connectivity index (χ0n) is 16.6. The summed E-state index contributed by atoms with van der Waals surface area (Å²) in [6.07, 6.45) is 8.42. The number of anilines is 1. The Balaban J connectivity index is 0.000000882. The van der Waals surface area contributed by atoms with E-state index in [9.17, 15) is 4.79 Å². The molecule has 1 spiro atoms. The van der Waals surface area contributed by atoms with Gasteiger partial charge < -0.3 is 4.90 Å². The number of nitrogens with zero attached hydrogens (tertiary/aromatic N) is 6. The van der Waals surface area contributed by atoms with E-state index in [0.717, 1.165) is 28.2 Å². The molecule has 0 N–H and O–H groups in total. The largest absolute Gasteiger partial charge is 0.362 e.